The molecule has 0 spiro atoms. The average molecular weight is 298 g/mol. The lowest BCUT2D eigenvalue weighted by Gasteiger charge is -2.37. The molecule has 1 saturated heterocycles. The van der Waals surface area contributed by atoms with Crippen molar-refractivity contribution in [2.24, 2.45) is 0 Å². The number of benzene rings is 2. The van der Waals surface area contributed by atoms with E-state index in [-0.39, 0.29) is 5.82 Å². The van der Waals surface area contributed by atoms with Gasteiger partial charge in [-0.1, -0.05) is 24.3 Å². The van der Waals surface area contributed by atoms with Crippen molar-refractivity contribution in [3.63, 3.8) is 0 Å². The van der Waals surface area contributed by atoms with E-state index in [4.69, 9.17) is 0 Å². The van der Waals surface area contributed by atoms with Gasteiger partial charge >= 0.3 is 0 Å². The molecule has 116 valence electrons. The van der Waals surface area contributed by atoms with Gasteiger partial charge in [0.2, 0.25) is 0 Å². The van der Waals surface area contributed by atoms with Crippen LogP contribution in [0.1, 0.15) is 16.7 Å². The van der Waals surface area contributed by atoms with E-state index in [0.717, 1.165) is 32.7 Å². The third-order valence-corrected chi connectivity index (χ3v) is 4.40. The lowest BCUT2D eigenvalue weighted by molar-refractivity contribution is 0.249. The predicted molar refractivity (Wildman–Crippen MR) is 89.8 cm³/mol. The Morgan fingerprint density at radius 1 is 0.909 bits per heavy atom. The van der Waals surface area contributed by atoms with Crippen LogP contribution in [0.25, 0.3) is 0 Å². The number of hydrogen-bond acceptors (Lipinski definition) is 2. The highest BCUT2D eigenvalue weighted by molar-refractivity contribution is 5.55. The van der Waals surface area contributed by atoms with Crippen molar-refractivity contribution in [1.29, 1.82) is 0 Å². The maximum atomic E-state index is 13.0. The van der Waals surface area contributed by atoms with Gasteiger partial charge in [-0.25, -0.2) is 4.39 Å². The van der Waals surface area contributed by atoms with E-state index in [2.05, 4.69) is 41.8 Å². The smallest absolute Gasteiger partial charge is 0.123 e. The Bertz CT molecular complexity index is 628. The van der Waals surface area contributed by atoms with Gasteiger partial charge in [-0.15, -0.1) is 0 Å². The van der Waals surface area contributed by atoms with Gasteiger partial charge in [-0.3, -0.25) is 4.90 Å². The van der Waals surface area contributed by atoms with Crippen molar-refractivity contribution in [2.75, 3.05) is 31.1 Å². The summed E-state index contributed by atoms with van der Waals surface area (Å²) in [7, 11) is 0. The molecule has 0 aromatic heterocycles. The Kier molecular flexibility index (Phi) is 4.44. The molecule has 3 rings (SSSR count). The molecule has 0 aliphatic carbocycles. The lowest BCUT2D eigenvalue weighted by Crippen LogP contribution is -2.46. The molecule has 0 N–H and O–H groups in total. The van der Waals surface area contributed by atoms with Crippen molar-refractivity contribution < 1.29 is 4.39 Å². The SMILES string of the molecule is Cc1ccc(C)c(N2CCN(Cc3ccc(F)cc3)CC2)c1. The normalized spacial score (nSPS) is 16.0. The molecule has 0 unspecified atom stereocenters. The molecule has 2 aromatic carbocycles. The van der Waals surface area contributed by atoms with E-state index in [9.17, 15) is 4.39 Å². The molecular weight excluding hydrogens is 275 g/mol. The fourth-order valence-corrected chi connectivity index (χ4v) is 3.06. The van der Waals surface area contributed by atoms with Crippen LogP contribution in [0.15, 0.2) is 42.5 Å². The first-order valence-corrected chi connectivity index (χ1v) is 7.91. The molecule has 1 aliphatic rings. The number of rotatable bonds is 3. The van der Waals surface area contributed by atoms with Crippen molar-refractivity contribution in [3.8, 4) is 0 Å². The van der Waals surface area contributed by atoms with Crippen LogP contribution in [-0.4, -0.2) is 31.1 Å². The van der Waals surface area contributed by atoms with Crippen LogP contribution >= 0.6 is 0 Å². The summed E-state index contributed by atoms with van der Waals surface area (Å²) in [6.07, 6.45) is 0. The van der Waals surface area contributed by atoms with Gasteiger partial charge in [0.15, 0.2) is 0 Å². The number of piperazine rings is 1. The third kappa shape index (κ3) is 3.47. The van der Waals surface area contributed by atoms with Gasteiger partial charge in [0.05, 0.1) is 0 Å². The molecule has 3 heteroatoms. The molecule has 0 atom stereocenters. The standard InChI is InChI=1S/C19H23FN2/c1-15-3-4-16(2)19(13-15)22-11-9-21(10-12-22)14-17-5-7-18(20)8-6-17/h3-8,13H,9-12,14H2,1-2H3. The third-order valence-electron chi connectivity index (χ3n) is 4.40. The molecule has 1 heterocycles. The first kappa shape index (κ1) is 15.0. The van der Waals surface area contributed by atoms with E-state index >= 15 is 0 Å². The maximum absolute atomic E-state index is 13.0. The second-order valence-electron chi connectivity index (χ2n) is 6.18. The van der Waals surface area contributed by atoms with Gasteiger partial charge < -0.3 is 4.90 Å². The molecule has 2 aromatic rings. The minimum atomic E-state index is -0.163. The van der Waals surface area contributed by atoms with Crippen LogP contribution < -0.4 is 4.90 Å². The molecule has 22 heavy (non-hydrogen) atoms. The summed E-state index contributed by atoms with van der Waals surface area (Å²) in [5, 5.41) is 0. The second-order valence-corrected chi connectivity index (χ2v) is 6.18. The Morgan fingerprint density at radius 3 is 2.27 bits per heavy atom. The van der Waals surface area contributed by atoms with Crippen LogP contribution in [0.2, 0.25) is 0 Å². The molecule has 2 nitrogen and oxygen atoms in total. The first-order valence-electron chi connectivity index (χ1n) is 7.91. The maximum Gasteiger partial charge on any atom is 0.123 e. The van der Waals surface area contributed by atoms with Crippen LogP contribution in [0, 0.1) is 19.7 Å². The van der Waals surface area contributed by atoms with Crippen LogP contribution in [0.5, 0.6) is 0 Å². The highest BCUT2D eigenvalue weighted by atomic mass is 19.1. The zero-order valence-corrected chi connectivity index (χ0v) is 13.3. The van der Waals surface area contributed by atoms with Crippen LogP contribution in [-0.2, 0) is 6.54 Å². The van der Waals surface area contributed by atoms with Crippen molar-refractivity contribution in [2.45, 2.75) is 20.4 Å². The summed E-state index contributed by atoms with van der Waals surface area (Å²) in [5.74, 6) is -0.163. The summed E-state index contributed by atoms with van der Waals surface area (Å²) in [5.41, 5.74) is 5.20. The molecule has 1 fully saturated rings. The largest absolute Gasteiger partial charge is 0.369 e. The Balaban J connectivity index is 1.60. The van der Waals surface area contributed by atoms with Gasteiger partial charge in [0.25, 0.3) is 0 Å². The van der Waals surface area contributed by atoms with Crippen molar-refractivity contribution in [3.05, 3.63) is 65.0 Å². The molecule has 1 aliphatic heterocycles. The topological polar surface area (TPSA) is 6.48 Å². The molecular formula is C19H23FN2. The minimum absolute atomic E-state index is 0.163. The molecule has 0 saturated carbocycles. The quantitative estimate of drug-likeness (QED) is 0.851. The highest BCUT2D eigenvalue weighted by Gasteiger charge is 2.18. The van der Waals surface area contributed by atoms with Gasteiger partial charge in [-0.2, -0.15) is 0 Å². The highest BCUT2D eigenvalue weighted by Crippen LogP contribution is 2.23. The zero-order valence-electron chi connectivity index (χ0n) is 13.3. The summed E-state index contributed by atoms with van der Waals surface area (Å²) in [6, 6.07) is 13.5. The minimum Gasteiger partial charge on any atom is -0.369 e. The second kappa shape index (κ2) is 6.49. The Morgan fingerprint density at radius 2 is 1.59 bits per heavy atom. The number of anilines is 1. The van der Waals surface area contributed by atoms with E-state index < -0.39 is 0 Å². The van der Waals surface area contributed by atoms with E-state index in [0.29, 0.717) is 0 Å². The number of halogens is 1. The zero-order chi connectivity index (χ0) is 15.5. The Labute approximate surface area is 132 Å². The predicted octanol–water partition coefficient (Wildman–Crippen LogP) is 3.76. The monoisotopic (exact) mass is 298 g/mol. The van der Waals surface area contributed by atoms with Gasteiger partial charge in [0.1, 0.15) is 5.82 Å². The summed E-state index contributed by atoms with van der Waals surface area (Å²) in [4.78, 5) is 4.92. The van der Waals surface area contributed by atoms with E-state index in [1.807, 2.05) is 12.1 Å². The summed E-state index contributed by atoms with van der Waals surface area (Å²) in [6.45, 7) is 9.42. The van der Waals surface area contributed by atoms with Crippen molar-refractivity contribution in [1.82, 2.24) is 4.90 Å². The number of nitrogens with zero attached hydrogens (tertiary/aromatic N) is 2. The number of hydrogen-bond donors (Lipinski definition) is 0. The van der Waals surface area contributed by atoms with Crippen LogP contribution in [0.3, 0.4) is 0 Å². The fourth-order valence-electron chi connectivity index (χ4n) is 3.06. The van der Waals surface area contributed by atoms with Crippen molar-refractivity contribution >= 4 is 5.69 Å². The molecule has 0 amide bonds. The lowest BCUT2D eigenvalue weighted by atomic mass is 10.1. The molecule has 0 radical (unpaired) electrons. The first-order chi connectivity index (χ1) is 10.6. The average Bonchev–Trinajstić information content (AvgIpc) is 2.53. The Hall–Kier alpha value is -1.87. The summed E-state index contributed by atoms with van der Waals surface area (Å²) < 4.78 is 13.0. The van der Waals surface area contributed by atoms with Crippen LogP contribution in [0.4, 0.5) is 10.1 Å². The molecule has 0 bridgehead atoms. The summed E-state index contributed by atoms with van der Waals surface area (Å²) >= 11 is 0. The van der Waals surface area contributed by atoms with E-state index in [1.54, 1.807) is 12.1 Å². The van der Waals surface area contributed by atoms with E-state index in [1.165, 1.54) is 22.4 Å². The van der Waals surface area contributed by atoms with Gasteiger partial charge in [0, 0.05) is 38.4 Å². The van der Waals surface area contributed by atoms with Gasteiger partial charge in [-0.05, 0) is 48.7 Å². The number of aryl methyl sites for hydroxylation is 2. The fraction of sp³-hybridized carbons (Fsp3) is 0.368.